The maximum absolute atomic E-state index is 12.2. The highest BCUT2D eigenvalue weighted by Crippen LogP contribution is 2.18. The van der Waals surface area contributed by atoms with Crippen LogP contribution in [0.4, 0.5) is 4.79 Å². The minimum Gasteiger partial charge on any atom is -0.480 e. The van der Waals surface area contributed by atoms with Gasteiger partial charge in [0.25, 0.3) is 0 Å². The Bertz CT molecular complexity index is 424. The molecule has 0 spiro atoms. The molecule has 1 aliphatic rings. The number of primary amides is 1. The number of nitrogens with two attached hydrogens (primary N) is 1. The zero-order valence-corrected chi connectivity index (χ0v) is 12.8. The van der Waals surface area contributed by atoms with Crippen LogP contribution in [0.1, 0.15) is 26.7 Å². The molecule has 3 amide bonds. The second-order valence-corrected chi connectivity index (χ2v) is 6.00. The predicted octanol–water partition coefficient (Wildman–Crippen LogP) is -0.559. The summed E-state index contributed by atoms with van der Waals surface area (Å²) in [6, 6.07) is -1.53. The van der Waals surface area contributed by atoms with Gasteiger partial charge in [-0.1, -0.05) is 0 Å². The Morgan fingerprint density at radius 3 is 2.43 bits per heavy atom. The van der Waals surface area contributed by atoms with Crippen LogP contribution in [0.5, 0.6) is 0 Å². The van der Waals surface area contributed by atoms with Crippen LogP contribution in [0.3, 0.4) is 0 Å². The number of amides is 3. The number of aliphatic carboxylic acids is 1. The highest BCUT2D eigenvalue weighted by atomic mass is 16.4. The fraction of sp³-hybridized carbons (Fsp3) is 0.769. The van der Waals surface area contributed by atoms with E-state index in [4.69, 9.17) is 10.8 Å². The lowest BCUT2D eigenvalue weighted by Crippen LogP contribution is -2.61. The van der Waals surface area contributed by atoms with E-state index >= 15 is 0 Å². The summed E-state index contributed by atoms with van der Waals surface area (Å²) < 4.78 is 0. The van der Waals surface area contributed by atoms with Crippen molar-refractivity contribution in [3.05, 3.63) is 0 Å². The first-order valence-corrected chi connectivity index (χ1v) is 6.91. The number of nitrogens with one attached hydrogen (secondary N) is 1. The number of urea groups is 1. The highest BCUT2D eigenvalue weighted by Gasteiger charge is 2.34. The van der Waals surface area contributed by atoms with Crippen molar-refractivity contribution in [1.29, 1.82) is 0 Å². The van der Waals surface area contributed by atoms with Gasteiger partial charge in [0.2, 0.25) is 5.91 Å². The number of carbonyl (C=O) groups excluding carboxylic acids is 2. The van der Waals surface area contributed by atoms with Crippen LogP contribution in [0.2, 0.25) is 0 Å². The van der Waals surface area contributed by atoms with E-state index in [2.05, 4.69) is 10.2 Å². The van der Waals surface area contributed by atoms with Gasteiger partial charge in [0.15, 0.2) is 0 Å². The lowest BCUT2D eigenvalue weighted by molar-refractivity contribution is -0.139. The molecule has 1 unspecified atom stereocenters. The topological polar surface area (TPSA) is 116 Å². The largest absolute Gasteiger partial charge is 0.480 e. The molecule has 120 valence electrons. The third-order valence-corrected chi connectivity index (χ3v) is 3.88. The van der Waals surface area contributed by atoms with E-state index in [-0.39, 0.29) is 18.4 Å². The molecule has 8 heteroatoms. The SMILES string of the molecule is CN1CCN(C(=O)NC(CCC(N)=O)C(=O)O)CC1(C)C. The van der Waals surface area contributed by atoms with Crippen molar-refractivity contribution in [2.45, 2.75) is 38.3 Å². The number of carboxylic acid groups (broad SMARTS) is 1. The number of piperazine rings is 1. The maximum Gasteiger partial charge on any atom is 0.326 e. The van der Waals surface area contributed by atoms with Gasteiger partial charge in [-0.05, 0) is 27.3 Å². The summed E-state index contributed by atoms with van der Waals surface area (Å²) in [4.78, 5) is 37.8. The lowest BCUT2D eigenvalue weighted by atomic mass is 10.00. The van der Waals surface area contributed by atoms with E-state index in [9.17, 15) is 14.4 Å². The standard InChI is InChI=1S/C13H24N4O4/c1-13(2)8-17(7-6-16(13)3)12(21)15-9(11(19)20)4-5-10(14)18/h9H,4-8H2,1-3H3,(H2,14,18)(H,15,21)(H,19,20). The van der Waals surface area contributed by atoms with E-state index in [0.29, 0.717) is 13.1 Å². The predicted molar refractivity (Wildman–Crippen MR) is 76.7 cm³/mol. The van der Waals surface area contributed by atoms with Gasteiger partial charge < -0.3 is 21.1 Å². The van der Waals surface area contributed by atoms with Gasteiger partial charge >= 0.3 is 12.0 Å². The van der Waals surface area contributed by atoms with E-state index < -0.39 is 23.9 Å². The van der Waals surface area contributed by atoms with Crippen LogP contribution in [0.25, 0.3) is 0 Å². The Labute approximate surface area is 124 Å². The van der Waals surface area contributed by atoms with E-state index in [1.165, 1.54) is 0 Å². The number of carboxylic acids is 1. The quantitative estimate of drug-likeness (QED) is 0.629. The molecule has 1 fully saturated rings. The lowest BCUT2D eigenvalue weighted by Gasteiger charge is -2.45. The molecule has 0 bridgehead atoms. The summed E-state index contributed by atoms with van der Waals surface area (Å²) in [5.74, 6) is -1.76. The Morgan fingerprint density at radius 1 is 1.33 bits per heavy atom. The Hall–Kier alpha value is -1.83. The zero-order chi connectivity index (χ0) is 16.2. The third-order valence-electron chi connectivity index (χ3n) is 3.88. The first-order chi connectivity index (χ1) is 9.63. The molecule has 0 aromatic rings. The normalized spacial score (nSPS) is 19.9. The number of carbonyl (C=O) groups is 3. The smallest absolute Gasteiger partial charge is 0.326 e. The third kappa shape index (κ3) is 4.89. The average Bonchev–Trinajstić information content (AvgIpc) is 2.36. The molecule has 1 rings (SSSR count). The maximum atomic E-state index is 12.2. The van der Waals surface area contributed by atoms with Crippen molar-refractivity contribution in [3.63, 3.8) is 0 Å². The van der Waals surface area contributed by atoms with Crippen molar-refractivity contribution >= 4 is 17.9 Å². The van der Waals surface area contributed by atoms with Gasteiger partial charge in [0.05, 0.1) is 0 Å². The van der Waals surface area contributed by atoms with E-state index in [1.807, 2.05) is 20.9 Å². The van der Waals surface area contributed by atoms with Crippen molar-refractivity contribution in [2.24, 2.45) is 5.73 Å². The number of hydrogen-bond acceptors (Lipinski definition) is 4. The van der Waals surface area contributed by atoms with Gasteiger partial charge in [-0.15, -0.1) is 0 Å². The molecule has 0 saturated carbocycles. The zero-order valence-electron chi connectivity index (χ0n) is 12.8. The first-order valence-electron chi connectivity index (χ1n) is 6.91. The minimum absolute atomic E-state index is 0.00641. The second-order valence-electron chi connectivity index (χ2n) is 6.00. The minimum atomic E-state index is -1.17. The summed E-state index contributed by atoms with van der Waals surface area (Å²) in [5, 5.41) is 11.5. The summed E-state index contributed by atoms with van der Waals surface area (Å²) >= 11 is 0. The van der Waals surface area contributed by atoms with Gasteiger partial charge in [-0.2, -0.15) is 0 Å². The van der Waals surface area contributed by atoms with Gasteiger partial charge in [-0.3, -0.25) is 9.69 Å². The molecule has 1 atom stereocenters. The number of nitrogens with zero attached hydrogens (tertiary/aromatic N) is 2. The van der Waals surface area contributed by atoms with Crippen molar-refractivity contribution in [3.8, 4) is 0 Å². The molecule has 0 radical (unpaired) electrons. The number of likely N-dealkylation sites (N-methyl/N-ethyl adjacent to an activating group) is 1. The number of rotatable bonds is 5. The van der Waals surface area contributed by atoms with Crippen LogP contribution in [-0.4, -0.2) is 71.1 Å². The molecular weight excluding hydrogens is 276 g/mol. The Balaban J connectivity index is 2.61. The fourth-order valence-electron chi connectivity index (χ4n) is 2.20. The van der Waals surface area contributed by atoms with Crippen LogP contribution in [0.15, 0.2) is 0 Å². The molecule has 0 aromatic carbocycles. The Morgan fingerprint density at radius 2 is 1.95 bits per heavy atom. The monoisotopic (exact) mass is 300 g/mol. The van der Waals surface area contributed by atoms with Crippen LogP contribution < -0.4 is 11.1 Å². The van der Waals surface area contributed by atoms with Gasteiger partial charge in [0.1, 0.15) is 6.04 Å². The molecule has 8 nitrogen and oxygen atoms in total. The van der Waals surface area contributed by atoms with Gasteiger partial charge in [-0.25, -0.2) is 9.59 Å². The molecular formula is C13H24N4O4. The molecule has 1 saturated heterocycles. The van der Waals surface area contributed by atoms with Crippen LogP contribution in [0, 0.1) is 0 Å². The molecule has 4 N–H and O–H groups in total. The Kier molecular flexibility index (Phi) is 5.54. The highest BCUT2D eigenvalue weighted by molar-refractivity contribution is 5.83. The summed E-state index contributed by atoms with van der Waals surface area (Å²) in [6.07, 6.45) is -0.0843. The molecule has 21 heavy (non-hydrogen) atoms. The van der Waals surface area contributed by atoms with Crippen LogP contribution in [-0.2, 0) is 9.59 Å². The van der Waals surface area contributed by atoms with Gasteiger partial charge in [0, 0.05) is 31.6 Å². The molecule has 0 aromatic heterocycles. The fourth-order valence-corrected chi connectivity index (χ4v) is 2.20. The molecule has 1 aliphatic heterocycles. The average molecular weight is 300 g/mol. The molecule has 1 heterocycles. The van der Waals surface area contributed by atoms with Crippen molar-refractivity contribution in [1.82, 2.24) is 15.1 Å². The second kappa shape index (κ2) is 6.75. The summed E-state index contributed by atoms with van der Waals surface area (Å²) in [5.41, 5.74) is 4.84. The summed E-state index contributed by atoms with van der Waals surface area (Å²) in [7, 11) is 1.99. The molecule has 0 aliphatic carbocycles. The van der Waals surface area contributed by atoms with Crippen LogP contribution >= 0.6 is 0 Å². The van der Waals surface area contributed by atoms with Crippen molar-refractivity contribution in [2.75, 3.05) is 26.7 Å². The first kappa shape index (κ1) is 17.2. The van der Waals surface area contributed by atoms with Crippen molar-refractivity contribution < 1.29 is 19.5 Å². The number of hydrogen-bond donors (Lipinski definition) is 3. The van der Waals surface area contributed by atoms with E-state index in [0.717, 1.165) is 6.54 Å². The summed E-state index contributed by atoms with van der Waals surface area (Å²) in [6.45, 7) is 5.81. The van der Waals surface area contributed by atoms with E-state index in [1.54, 1.807) is 4.90 Å².